The maximum Gasteiger partial charge on any atom is 0.416 e. The van der Waals surface area contributed by atoms with E-state index in [9.17, 15) is 31.4 Å². The van der Waals surface area contributed by atoms with E-state index in [0.717, 1.165) is 19.8 Å². The second-order valence-corrected chi connectivity index (χ2v) is 9.14. The first kappa shape index (κ1) is 21.8. The van der Waals surface area contributed by atoms with E-state index in [1.807, 2.05) is 0 Å². The number of halogens is 6. The first-order valence-corrected chi connectivity index (χ1v) is 9.48. The minimum atomic E-state index is -4.69. The number of hydrogen-bond donors (Lipinski definition) is 1. The van der Waals surface area contributed by atoms with Crippen LogP contribution in [0.2, 0.25) is 0 Å². The molecule has 7 atom stereocenters. The minimum Gasteiger partial charge on any atom is -0.381 e. The van der Waals surface area contributed by atoms with Gasteiger partial charge in [-0.25, -0.2) is 0 Å². The first-order chi connectivity index (χ1) is 11.6. The predicted octanol–water partition coefficient (Wildman–Crippen LogP) is 6.36. The number of rotatable bonds is 6. The molecule has 0 heterocycles. The Morgan fingerprint density at radius 2 is 1.46 bits per heavy atom. The zero-order valence-corrected chi connectivity index (χ0v) is 15.8. The van der Waals surface area contributed by atoms with Gasteiger partial charge in [0, 0.05) is 0 Å². The van der Waals surface area contributed by atoms with Crippen molar-refractivity contribution in [2.45, 2.75) is 84.2 Å². The van der Waals surface area contributed by atoms with Crippen molar-refractivity contribution in [3.8, 4) is 0 Å². The van der Waals surface area contributed by atoms with E-state index < -0.39 is 29.3 Å². The molecule has 0 aromatic rings. The quantitative estimate of drug-likeness (QED) is 0.525. The summed E-state index contributed by atoms with van der Waals surface area (Å²) in [5.74, 6) is -0.552. The molecule has 2 aliphatic rings. The molecule has 2 saturated carbocycles. The summed E-state index contributed by atoms with van der Waals surface area (Å²) in [5, 5.41) is 9.81. The highest BCUT2D eigenvalue weighted by molar-refractivity contribution is 5.00. The monoisotopic (exact) mass is 388 g/mol. The second kappa shape index (κ2) is 6.85. The minimum absolute atomic E-state index is 0.00869. The zero-order chi connectivity index (χ0) is 20.1. The van der Waals surface area contributed by atoms with Gasteiger partial charge in [-0.15, -0.1) is 0 Å². The SMILES string of the molecule is CCC(C)(C(C)CC1CC2CC(CC(C)(O)C(F)(F)F)C1C2)C(F)(F)F. The smallest absolute Gasteiger partial charge is 0.381 e. The number of aliphatic hydroxyl groups is 1. The first-order valence-electron chi connectivity index (χ1n) is 9.48. The standard InChI is InChI=1S/C19H30F6O/c1-5-16(3,18(20,21)22)11(2)6-13-7-12-8-14(15(13)9-12)10-17(4,26)19(23,24)25/h11-15,26H,5-10H2,1-4H3. The molecular formula is C19H30F6O. The lowest BCUT2D eigenvalue weighted by Gasteiger charge is -2.41. The van der Waals surface area contributed by atoms with Gasteiger partial charge in [0.15, 0.2) is 5.60 Å². The lowest BCUT2D eigenvalue weighted by atomic mass is 9.67. The fraction of sp³-hybridized carbons (Fsp3) is 1.00. The normalized spacial score (nSPS) is 35.2. The lowest BCUT2D eigenvalue weighted by molar-refractivity contribution is -0.260. The Morgan fingerprint density at radius 1 is 0.923 bits per heavy atom. The number of hydrogen-bond acceptors (Lipinski definition) is 1. The van der Waals surface area contributed by atoms with Crippen molar-refractivity contribution in [3.05, 3.63) is 0 Å². The largest absolute Gasteiger partial charge is 0.416 e. The zero-order valence-electron chi connectivity index (χ0n) is 15.8. The molecule has 0 aromatic heterocycles. The molecule has 7 heteroatoms. The van der Waals surface area contributed by atoms with Crippen LogP contribution in [-0.2, 0) is 0 Å². The summed E-state index contributed by atoms with van der Waals surface area (Å²) in [6.07, 6.45) is -6.73. The van der Waals surface area contributed by atoms with Crippen LogP contribution in [0.15, 0.2) is 0 Å². The van der Waals surface area contributed by atoms with Crippen LogP contribution in [0.4, 0.5) is 26.3 Å². The Bertz CT molecular complexity index is 497. The summed E-state index contributed by atoms with van der Waals surface area (Å²) in [6, 6.07) is 0. The van der Waals surface area contributed by atoms with Crippen LogP contribution in [0.3, 0.4) is 0 Å². The van der Waals surface area contributed by atoms with Crippen LogP contribution in [0.25, 0.3) is 0 Å². The maximum atomic E-state index is 13.5. The van der Waals surface area contributed by atoms with Gasteiger partial charge in [-0.05, 0) is 75.0 Å². The van der Waals surface area contributed by atoms with E-state index in [4.69, 9.17) is 0 Å². The van der Waals surface area contributed by atoms with Gasteiger partial charge >= 0.3 is 12.4 Å². The highest BCUT2D eigenvalue weighted by Gasteiger charge is 2.57. The average molecular weight is 388 g/mol. The maximum absolute atomic E-state index is 13.5. The molecule has 2 fully saturated rings. The molecule has 0 aromatic carbocycles. The van der Waals surface area contributed by atoms with Gasteiger partial charge in [-0.3, -0.25) is 0 Å². The lowest BCUT2D eigenvalue weighted by Crippen LogP contribution is -2.45. The summed E-state index contributed by atoms with van der Waals surface area (Å²) in [6.45, 7) is 5.20. The Hall–Kier alpha value is -0.460. The third kappa shape index (κ3) is 3.88. The molecule has 0 amide bonds. The van der Waals surface area contributed by atoms with E-state index in [0.29, 0.717) is 12.8 Å². The van der Waals surface area contributed by atoms with Crippen molar-refractivity contribution in [1.29, 1.82) is 0 Å². The molecule has 2 rings (SSSR count). The highest BCUT2D eigenvalue weighted by Crippen LogP contribution is 2.58. The molecule has 154 valence electrons. The Labute approximate surface area is 151 Å². The molecule has 26 heavy (non-hydrogen) atoms. The van der Waals surface area contributed by atoms with Gasteiger partial charge in [0.25, 0.3) is 0 Å². The molecule has 1 N–H and O–H groups in total. The van der Waals surface area contributed by atoms with Crippen molar-refractivity contribution < 1.29 is 31.4 Å². The Morgan fingerprint density at radius 3 is 1.88 bits per heavy atom. The van der Waals surface area contributed by atoms with Crippen molar-refractivity contribution in [2.75, 3.05) is 0 Å². The molecular weight excluding hydrogens is 358 g/mol. The summed E-state index contributed by atoms with van der Waals surface area (Å²) in [5.41, 5.74) is -4.51. The second-order valence-electron chi connectivity index (χ2n) is 9.14. The van der Waals surface area contributed by atoms with Gasteiger partial charge in [0.05, 0.1) is 5.41 Å². The Balaban J connectivity index is 2.07. The molecule has 0 radical (unpaired) electrons. The van der Waals surface area contributed by atoms with E-state index in [2.05, 4.69) is 0 Å². The van der Waals surface area contributed by atoms with Gasteiger partial charge < -0.3 is 5.11 Å². The van der Waals surface area contributed by atoms with Crippen molar-refractivity contribution in [1.82, 2.24) is 0 Å². The molecule has 2 bridgehead atoms. The molecule has 2 aliphatic carbocycles. The highest BCUT2D eigenvalue weighted by atomic mass is 19.4. The van der Waals surface area contributed by atoms with Crippen molar-refractivity contribution >= 4 is 0 Å². The van der Waals surface area contributed by atoms with Crippen molar-refractivity contribution in [3.63, 3.8) is 0 Å². The summed E-state index contributed by atoms with van der Waals surface area (Å²) < 4.78 is 79.5. The third-order valence-electron chi connectivity index (χ3n) is 7.49. The summed E-state index contributed by atoms with van der Waals surface area (Å²) in [7, 11) is 0. The molecule has 0 saturated heterocycles. The molecule has 0 aliphatic heterocycles. The molecule has 0 spiro atoms. The fourth-order valence-electron chi connectivity index (χ4n) is 5.32. The number of alkyl halides is 6. The number of fused-ring (bicyclic) bond motifs is 2. The van der Waals surface area contributed by atoms with E-state index >= 15 is 0 Å². The van der Waals surface area contributed by atoms with Gasteiger partial charge in [0.2, 0.25) is 0 Å². The van der Waals surface area contributed by atoms with Crippen LogP contribution < -0.4 is 0 Å². The van der Waals surface area contributed by atoms with Gasteiger partial charge in [0.1, 0.15) is 0 Å². The average Bonchev–Trinajstić information content (AvgIpc) is 3.02. The summed E-state index contributed by atoms with van der Waals surface area (Å²) >= 11 is 0. The summed E-state index contributed by atoms with van der Waals surface area (Å²) in [4.78, 5) is 0. The van der Waals surface area contributed by atoms with Crippen LogP contribution in [0.1, 0.15) is 66.2 Å². The Kier molecular flexibility index (Phi) is 5.76. The van der Waals surface area contributed by atoms with Crippen LogP contribution >= 0.6 is 0 Å². The van der Waals surface area contributed by atoms with Gasteiger partial charge in [-0.1, -0.05) is 20.8 Å². The van der Waals surface area contributed by atoms with Gasteiger partial charge in [-0.2, -0.15) is 26.3 Å². The van der Waals surface area contributed by atoms with E-state index in [1.54, 1.807) is 6.92 Å². The van der Waals surface area contributed by atoms with Crippen LogP contribution in [0.5, 0.6) is 0 Å². The van der Waals surface area contributed by atoms with E-state index in [1.165, 1.54) is 13.8 Å². The fourth-order valence-corrected chi connectivity index (χ4v) is 5.32. The van der Waals surface area contributed by atoms with Crippen LogP contribution in [-0.4, -0.2) is 23.1 Å². The van der Waals surface area contributed by atoms with Crippen LogP contribution in [0, 0.1) is 35.0 Å². The van der Waals surface area contributed by atoms with Crippen molar-refractivity contribution in [2.24, 2.45) is 35.0 Å². The molecule has 7 unspecified atom stereocenters. The topological polar surface area (TPSA) is 20.2 Å². The predicted molar refractivity (Wildman–Crippen MR) is 87.3 cm³/mol. The third-order valence-corrected chi connectivity index (χ3v) is 7.49. The van der Waals surface area contributed by atoms with E-state index in [-0.39, 0.29) is 36.5 Å². The molecule has 1 nitrogen and oxygen atoms in total.